The lowest BCUT2D eigenvalue weighted by molar-refractivity contribution is 0.628. The van der Waals surface area contributed by atoms with Gasteiger partial charge in [0.1, 0.15) is 23.1 Å². The summed E-state index contributed by atoms with van der Waals surface area (Å²) in [5.41, 5.74) is 4.34. The normalized spacial score (nSPS) is 17.0. The van der Waals surface area contributed by atoms with Gasteiger partial charge in [-0.05, 0) is 73.7 Å². The molecule has 0 radical (unpaired) electrons. The van der Waals surface area contributed by atoms with E-state index in [2.05, 4.69) is 21.7 Å². The van der Waals surface area contributed by atoms with Gasteiger partial charge in [0.05, 0.1) is 5.56 Å². The van der Waals surface area contributed by atoms with Crippen molar-refractivity contribution in [2.45, 2.75) is 63.5 Å². The van der Waals surface area contributed by atoms with E-state index in [1.807, 2.05) is 29.0 Å². The fraction of sp³-hybridized carbons (Fsp3) is 0.370. The highest BCUT2D eigenvalue weighted by atomic mass is 19.1. The van der Waals surface area contributed by atoms with Crippen LogP contribution in [0.5, 0.6) is 0 Å². The minimum Gasteiger partial charge on any atom is -0.367 e. The van der Waals surface area contributed by atoms with Crippen LogP contribution < -0.4 is 10.6 Å². The van der Waals surface area contributed by atoms with Crippen LogP contribution in [-0.4, -0.2) is 31.7 Å². The van der Waals surface area contributed by atoms with Gasteiger partial charge >= 0.3 is 0 Å². The lowest BCUT2D eigenvalue weighted by Crippen LogP contribution is -2.17. The summed E-state index contributed by atoms with van der Waals surface area (Å²) in [6, 6.07) is 13.5. The zero-order chi connectivity index (χ0) is 22.9. The van der Waals surface area contributed by atoms with Crippen molar-refractivity contribution in [3.63, 3.8) is 0 Å². The standard InChI is InChI=1S/C27H29FN6/c28-20-11-9-18(10-12-20)26-25(19-13-15-29-23(17-19)31-21-5-1-2-6-21)27-30-16-14-24(34(27)33-26)32-22-7-3-4-8-22/h9-17,21-22,32H,1-8H2,(H,29,31). The number of nitrogens with one attached hydrogen (secondary N) is 2. The number of benzene rings is 1. The predicted octanol–water partition coefficient (Wildman–Crippen LogP) is 6.31. The molecule has 6 rings (SSSR count). The van der Waals surface area contributed by atoms with E-state index >= 15 is 0 Å². The minimum atomic E-state index is -0.261. The largest absolute Gasteiger partial charge is 0.367 e. The zero-order valence-corrected chi connectivity index (χ0v) is 19.2. The Hall–Kier alpha value is -3.48. The van der Waals surface area contributed by atoms with Crippen molar-refractivity contribution in [3.8, 4) is 22.4 Å². The second kappa shape index (κ2) is 9.05. The van der Waals surface area contributed by atoms with Crippen molar-refractivity contribution in [1.82, 2.24) is 19.6 Å². The molecule has 1 aromatic carbocycles. The molecule has 0 atom stereocenters. The fourth-order valence-corrected chi connectivity index (χ4v) is 5.35. The molecule has 34 heavy (non-hydrogen) atoms. The van der Waals surface area contributed by atoms with Crippen LogP contribution in [0.15, 0.2) is 54.9 Å². The number of fused-ring (bicyclic) bond motifs is 1. The first-order valence-corrected chi connectivity index (χ1v) is 12.4. The Kier molecular flexibility index (Phi) is 5.61. The molecule has 0 saturated heterocycles. The number of nitrogens with zero attached hydrogens (tertiary/aromatic N) is 4. The fourth-order valence-electron chi connectivity index (χ4n) is 5.35. The number of aromatic nitrogens is 4. The third kappa shape index (κ3) is 4.11. The molecule has 0 aliphatic heterocycles. The van der Waals surface area contributed by atoms with Crippen LogP contribution in [0, 0.1) is 5.82 Å². The van der Waals surface area contributed by atoms with Gasteiger partial charge in [0.2, 0.25) is 0 Å². The van der Waals surface area contributed by atoms with E-state index in [-0.39, 0.29) is 5.82 Å². The van der Waals surface area contributed by atoms with Crippen LogP contribution in [0.1, 0.15) is 51.4 Å². The summed E-state index contributed by atoms with van der Waals surface area (Å²) in [5.74, 6) is 1.54. The summed E-state index contributed by atoms with van der Waals surface area (Å²) in [6.07, 6.45) is 13.4. The van der Waals surface area contributed by atoms with E-state index in [0.717, 1.165) is 39.7 Å². The topological polar surface area (TPSA) is 67.1 Å². The van der Waals surface area contributed by atoms with Gasteiger partial charge in [-0.15, -0.1) is 0 Å². The molecule has 7 heteroatoms. The predicted molar refractivity (Wildman–Crippen MR) is 133 cm³/mol. The van der Waals surface area contributed by atoms with Gasteiger partial charge in [0.15, 0.2) is 5.65 Å². The van der Waals surface area contributed by atoms with Crippen molar-refractivity contribution >= 4 is 17.3 Å². The maximum Gasteiger partial charge on any atom is 0.165 e. The lowest BCUT2D eigenvalue weighted by Gasteiger charge is -2.14. The third-order valence-corrected chi connectivity index (χ3v) is 7.10. The monoisotopic (exact) mass is 456 g/mol. The second-order valence-electron chi connectivity index (χ2n) is 9.48. The SMILES string of the molecule is Fc1ccc(-c2nn3c(NC4CCCC4)ccnc3c2-c2ccnc(NC3CCCC3)c2)cc1. The molecule has 0 bridgehead atoms. The third-order valence-electron chi connectivity index (χ3n) is 7.10. The lowest BCUT2D eigenvalue weighted by atomic mass is 10.0. The van der Waals surface area contributed by atoms with Crippen molar-refractivity contribution in [1.29, 1.82) is 0 Å². The molecule has 3 aromatic heterocycles. The molecule has 2 fully saturated rings. The van der Waals surface area contributed by atoms with Crippen LogP contribution in [0.25, 0.3) is 28.0 Å². The molecule has 0 unspecified atom stereocenters. The second-order valence-corrected chi connectivity index (χ2v) is 9.48. The minimum absolute atomic E-state index is 0.261. The maximum absolute atomic E-state index is 13.7. The summed E-state index contributed by atoms with van der Waals surface area (Å²) < 4.78 is 15.6. The number of anilines is 2. The molecule has 0 amide bonds. The maximum atomic E-state index is 13.7. The van der Waals surface area contributed by atoms with Gasteiger partial charge in [-0.25, -0.2) is 14.4 Å². The highest BCUT2D eigenvalue weighted by Gasteiger charge is 2.22. The van der Waals surface area contributed by atoms with Crippen LogP contribution >= 0.6 is 0 Å². The van der Waals surface area contributed by atoms with Gasteiger partial charge in [-0.1, -0.05) is 25.7 Å². The Morgan fingerprint density at radius 3 is 2.18 bits per heavy atom. The molecule has 3 heterocycles. The molecule has 2 saturated carbocycles. The summed E-state index contributed by atoms with van der Waals surface area (Å²) >= 11 is 0. The van der Waals surface area contributed by atoms with Gasteiger partial charge in [0, 0.05) is 30.0 Å². The summed E-state index contributed by atoms with van der Waals surface area (Å²) in [4.78, 5) is 9.31. The molecule has 174 valence electrons. The quantitative estimate of drug-likeness (QED) is 0.356. The van der Waals surface area contributed by atoms with Crippen molar-refractivity contribution in [3.05, 3.63) is 60.7 Å². The molecule has 2 N–H and O–H groups in total. The zero-order valence-electron chi connectivity index (χ0n) is 19.2. The molecule has 0 spiro atoms. The highest BCUT2D eigenvalue weighted by molar-refractivity contribution is 5.91. The van der Waals surface area contributed by atoms with Crippen molar-refractivity contribution in [2.75, 3.05) is 10.6 Å². The molecule has 2 aliphatic carbocycles. The Morgan fingerprint density at radius 1 is 0.765 bits per heavy atom. The van der Waals surface area contributed by atoms with E-state index in [4.69, 9.17) is 10.1 Å². The Morgan fingerprint density at radius 2 is 1.44 bits per heavy atom. The first kappa shape index (κ1) is 21.1. The molecular weight excluding hydrogens is 427 g/mol. The Labute approximate surface area is 198 Å². The Balaban J connectivity index is 1.47. The molecule has 6 nitrogen and oxygen atoms in total. The number of rotatable bonds is 6. The van der Waals surface area contributed by atoms with E-state index < -0.39 is 0 Å². The van der Waals surface area contributed by atoms with Gasteiger partial charge in [-0.3, -0.25) is 0 Å². The van der Waals surface area contributed by atoms with Crippen molar-refractivity contribution < 1.29 is 4.39 Å². The van der Waals surface area contributed by atoms with Gasteiger partial charge in [0.25, 0.3) is 0 Å². The number of pyridine rings is 1. The van der Waals surface area contributed by atoms with Crippen molar-refractivity contribution in [2.24, 2.45) is 0 Å². The highest BCUT2D eigenvalue weighted by Crippen LogP contribution is 2.37. The summed E-state index contributed by atoms with van der Waals surface area (Å²) in [6.45, 7) is 0. The first-order valence-electron chi connectivity index (χ1n) is 12.4. The van der Waals surface area contributed by atoms with Crippen LogP contribution in [-0.2, 0) is 0 Å². The van der Waals surface area contributed by atoms with E-state index in [0.29, 0.717) is 12.1 Å². The van der Waals surface area contributed by atoms with E-state index in [1.54, 1.807) is 12.1 Å². The summed E-state index contributed by atoms with van der Waals surface area (Å²) in [7, 11) is 0. The van der Waals surface area contributed by atoms with E-state index in [9.17, 15) is 4.39 Å². The molecule has 4 aromatic rings. The van der Waals surface area contributed by atoms with Gasteiger partial charge in [-0.2, -0.15) is 9.61 Å². The van der Waals surface area contributed by atoms with E-state index in [1.165, 1.54) is 63.5 Å². The summed E-state index contributed by atoms with van der Waals surface area (Å²) in [5, 5.41) is 12.3. The smallest absolute Gasteiger partial charge is 0.165 e. The number of hydrogen-bond donors (Lipinski definition) is 2. The molecule has 2 aliphatic rings. The number of hydrogen-bond acceptors (Lipinski definition) is 5. The Bertz CT molecular complexity index is 1290. The first-order chi connectivity index (χ1) is 16.7. The average Bonchev–Trinajstić information content (AvgIpc) is 3.61. The molecular formula is C27H29FN6. The van der Waals surface area contributed by atoms with Crippen LogP contribution in [0.4, 0.5) is 16.0 Å². The average molecular weight is 457 g/mol. The van der Waals surface area contributed by atoms with Gasteiger partial charge < -0.3 is 10.6 Å². The van der Waals surface area contributed by atoms with Crippen LogP contribution in [0.2, 0.25) is 0 Å². The number of halogens is 1. The van der Waals surface area contributed by atoms with Crippen LogP contribution in [0.3, 0.4) is 0 Å².